The molecule has 4 nitrogen and oxygen atoms in total. The second-order valence-electron chi connectivity index (χ2n) is 5.16. The van der Waals surface area contributed by atoms with Crippen molar-refractivity contribution in [3.63, 3.8) is 0 Å². The average molecular weight is 251 g/mol. The molecular formula is C14H25N3O. The summed E-state index contributed by atoms with van der Waals surface area (Å²) in [6.07, 6.45) is 10.7. The van der Waals surface area contributed by atoms with Gasteiger partial charge in [-0.1, -0.05) is 26.2 Å². The molecule has 1 aromatic heterocycles. The van der Waals surface area contributed by atoms with Gasteiger partial charge in [0.1, 0.15) is 0 Å². The van der Waals surface area contributed by atoms with Crippen LogP contribution in [0.3, 0.4) is 0 Å². The molecule has 0 amide bonds. The van der Waals surface area contributed by atoms with Crippen molar-refractivity contribution in [1.82, 2.24) is 15.1 Å². The Morgan fingerprint density at radius 3 is 2.83 bits per heavy atom. The monoisotopic (exact) mass is 251 g/mol. The van der Waals surface area contributed by atoms with E-state index in [2.05, 4.69) is 17.3 Å². The first-order valence-electron chi connectivity index (χ1n) is 7.13. The van der Waals surface area contributed by atoms with Gasteiger partial charge in [-0.05, 0) is 25.3 Å². The molecule has 1 unspecified atom stereocenters. The van der Waals surface area contributed by atoms with Crippen LogP contribution >= 0.6 is 0 Å². The lowest BCUT2D eigenvalue weighted by atomic mass is 9.84. The van der Waals surface area contributed by atoms with E-state index >= 15 is 0 Å². The second kappa shape index (κ2) is 6.78. The van der Waals surface area contributed by atoms with E-state index in [0.29, 0.717) is 6.04 Å². The van der Waals surface area contributed by atoms with E-state index in [1.54, 1.807) is 13.3 Å². The first kappa shape index (κ1) is 13.4. The fourth-order valence-electron chi connectivity index (χ4n) is 2.93. The normalized spacial score (nSPS) is 18.8. The van der Waals surface area contributed by atoms with Crippen LogP contribution in [0.15, 0.2) is 12.4 Å². The van der Waals surface area contributed by atoms with Crippen LogP contribution in [-0.4, -0.2) is 29.5 Å². The van der Waals surface area contributed by atoms with Crippen LogP contribution in [0.5, 0.6) is 5.75 Å². The number of hydrogen-bond donors (Lipinski definition) is 1. The SMILES string of the molecule is CCNC(Cn1cc(OC)cn1)C1CCCCC1. The second-order valence-corrected chi connectivity index (χ2v) is 5.16. The van der Waals surface area contributed by atoms with E-state index in [0.717, 1.165) is 24.8 Å². The summed E-state index contributed by atoms with van der Waals surface area (Å²) in [5.74, 6) is 1.64. The molecule has 1 saturated carbocycles. The molecule has 0 aliphatic heterocycles. The molecule has 0 aromatic carbocycles. The van der Waals surface area contributed by atoms with E-state index in [-0.39, 0.29) is 0 Å². The van der Waals surface area contributed by atoms with Gasteiger partial charge in [-0.2, -0.15) is 5.10 Å². The van der Waals surface area contributed by atoms with E-state index in [9.17, 15) is 0 Å². The number of nitrogens with one attached hydrogen (secondary N) is 1. The summed E-state index contributed by atoms with van der Waals surface area (Å²) in [6, 6.07) is 0.542. The van der Waals surface area contributed by atoms with Gasteiger partial charge in [0.05, 0.1) is 26.0 Å². The standard InChI is InChI=1S/C14H25N3O/c1-3-15-14(12-7-5-4-6-8-12)11-17-10-13(18-2)9-16-17/h9-10,12,14-15H,3-8,11H2,1-2H3. The van der Waals surface area contributed by atoms with E-state index in [4.69, 9.17) is 4.74 Å². The van der Waals surface area contributed by atoms with Crippen LogP contribution in [0.1, 0.15) is 39.0 Å². The smallest absolute Gasteiger partial charge is 0.156 e. The van der Waals surface area contributed by atoms with Crippen LogP contribution in [0.4, 0.5) is 0 Å². The van der Waals surface area contributed by atoms with Gasteiger partial charge < -0.3 is 10.1 Å². The molecule has 4 heteroatoms. The first-order chi connectivity index (χ1) is 8.83. The van der Waals surface area contributed by atoms with Gasteiger partial charge in [-0.15, -0.1) is 0 Å². The highest BCUT2D eigenvalue weighted by molar-refractivity contribution is 5.11. The van der Waals surface area contributed by atoms with Crippen LogP contribution in [0, 0.1) is 5.92 Å². The third-order valence-corrected chi connectivity index (χ3v) is 3.91. The fraction of sp³-hybridized carbons (Fsp3) is 0.786. The van der Waals surface area contributed by atoms with Gasteiger partial charge in [-0.25, -0.2) is 0 Å². The number of likely N-dealkylation sites (N-methyl/N-ethyl adjacent to an activating group) is 1. The molecule has 1 atom stereocenters. The Bertz CT molecular complexity index is 345. The molecule has 1 N–H and O–H groups in total. The Morgan fingerprint density at radius 2 is 2.22 bits per heavy atom. The van der Waals surface area contributed by atoms with Crippen molar-refractivity contribution in [1.29, 1.82) is 0 Å². The fourth-order valence-corrected chi connectivity index (χ4v) is 2.93. The number of nitrogens with zero attached hydrogens (tertiary/aromatic N) is 2. The molecule has 0 saturated heterocycles. The number of hydrogen-bond acceptors (Lipinski definition) is 3. The van der Waals surface area contributed by atoms with Gasteiger partial charge in [0.25, 0.3) is 0 Å². The summed E-state index contributed by atoms with van der Waals surface area (Å²) < 4.78 is 7.18. The zero-order chi connectivity index (χ0) is 12.8. The third-order valence-electron chi connectivity index (χ3n) is 3.91. The molecule has 0 radical (unpaired) electrons. The lowest BCUT2D eigenvalue weighted by Crippen LogP contribution is -2.40. The minimum Gasteiger partial charge on any atom is -0.493 e. The first-order valence-corrected chi connectivity index (χ1v) is 7.13. The van der Waals surface area contributed by atoms with Gasteiger partial charge in [-0.3, -0.25) is 4.68 Å². The Hall–Kier alpha value is -1.03. The summed E-state index contributed by atoms with van der Waals surface area (Å²) in [5.41, 5.74) is 0. The van der Waals surface area contributed by atoms with Crippen molar-refractivity contribution in [3.8, 4) is 5.75 Å². The number of aromatic nitrogens is 2. The van der Waals surface area contributed by atoms with Crippen molar-refractivity contribution in [2.24, 2.45) is 5.92 Å². The van der Waals surface area contributed by atoms with E-state index < -0.39 is 0 Å². The average Bonchev–Trinajstić information content (AvgIpc) is 2.87. The highest BCUT2D eigenvalue weighted by Gasteiger charge is 2.23. The molecule has 1 heterocycles. The minimum absolute atomic E-state index is 0.542. The highest BCUT2D eigenvalue weighted by atomic mass is 16.5. The molecular weight excluding hydrogens is 226 g/mol. The van der Waals surface area contributed by atoms with E-state index in [1.165, 1.54) is 32.1 Å². The Balaban J connectivity index is 1.95. The van der Waals surface area contributed by atoms with Crippen LogP contribution < -0.4 is 10.1 Å². The molecule has 1 aliphatic carbocycles. The van der Waals surface area contributed by atoms with Crippen molar-refractivity contribution in [3.05, 3.63) is 12.4 Å². The molecule has 1 aliphatic rings. The lowest BCUT2D eigenvalue weighted by Gasteiger charge is -2.30. The zero-order valence-electron chi connectivity index (χ0n) is 11.6. The van der Waals surface area contributed by atoms with Gasteiger partial charge in [0.15, 0.2) is 5.75 Å². The minimum atomic E-state index is 0.542. The maximum absolute atomic E-state index is 5.18. The van der Waals surface area contributed by atoms with Crippen molar-refractivity contribution in [2.75, 3.05) is 13.7 Å². The Kier molecular flexibility index (Phi) is 5.05. The largest absolute Gasteiger partial charge is 0.493 e. The zero-order valence-corrected chi connectivity index (χ0v) is 11.6. The number of rotatable bonds is 6. The maximum atomic E-state index is 5.18. The van der Waals surface area contributed by atoms with Gasteiger partial charge in [0, 0.05) is 6.04 Å². The highest BCUT2D eigenvalue weighted by Crippen LogP contribution is 2.27. The summed E-state index contributed by atoms with van der Waals surface area (Å²) in [5, 5.41) is 7.98. The summed E-state index contributed by atoms with van der Waals surface area (Å²) >= 11 is 0. The summed E-state index contributed by atoms with van der Waals surface area (Å²) in [7, 11) is 1.68. The number of ether oxygens (including phenoxy) is 1. The van der Waals surface area contributed by atoms with Crippen LogP contribution in [-0.2, 0) is 6.54 Å². The quantitative estimate of drug-likeness (QED) is 0.844. The molecule has 1 fully saturated rings. The topological polar surface area (TPSA) is 39.1 Å². The van der Waals surface area contributed by atoms with Crippen molar-refractivity contribution in [2.45, 2.75) is 51.6 Å². The summed E-state index contributed by atoms with van der Waals surface area (Å²) in [6.45, 7) is 4.15. The van der Waals surface area contributed by atoms with Crippen molar-refractivity contribution < 1.29 is 4.74 Å². The molecule has 0 bridgehead atoms. The predicted molar refractivity (Wildman–Crippen MR) is 72.8 cm³/mol. The molecule has 1 aromatic rings. The third kappa shape index (κ3) is 3.48. The van der Waals surface area contributed by atoms with E-state index in [1.807, 2.05) is 10.9 Å². The van der Waals surface area contributed by atoms with Crippen molar-refractivity contribution >= 4 is 0 Å². The van der Waals surface area contributed by atoms with Crippen LogP contribution in [0.25, 0.3) is 0 Å². The Labute approximate surface area is 110 Å². The van der Waals surface area contributed by atoms with Crippen LogP contribution in [0.2, 0.25) is 0 Å². The van der Waals surface area contributed by atoms with Gasteiger partial charge >= 0.3 is 0 Å². The molecule has 2 rings (SSSR count). The molecule has 18 heavy (non-hydrogen) atoms. The predicted octanol–water partition coefficient (Wildman–Crippen LogP) is 2.45. The Morgan fingerprint density at radius 1 is 1.44 bits per heavy atom. The van der Waals surface area contributed by atoms with Gasteiger partial charge in [0.2, 0.25) is 0 Å². The molecule has 102 valence electrons. The summed E-state index contributed by atoms with van der Waals surface area (Å²) in [4.78, 5) is 0. The number of methoxy groups -OCH3 is 1. The molecule has 0 spiro atoms. The lowest BCUT2D eigenvalue weighted by molar-refractivity contribution is 0.245. The maximum Gasteiger partial charge on any atom is 0.156 e.